The third-order valence-corrected chi connectivity index (χ3v) is 5.65. The van der Waals surface area contributed by atoms with Crippen LogP contribution in [0.3, 0.4) is 0 Å². The summed E-state index contributed by atoms with van der Waals surface area (Å²) in [6, 6.07) is 5.76. The minimum atomic E-state index is -0.554. The molecule has 2 heterocycles. The average molecular weight is 332 g/mol. The van der Waals surface area contributed by atoms with E-state index in [1.54, 1.807) is 11.8 Å². The van der Waals surface area contributed by atoms with Gasteiger partial charge in [-0.05, 0) is 49.3 Å². The van der Waals surface area contributed by atoms with E-state index >= 15 is 0 Å². The normalized spacial score (nSPS) is 23.8. The van der Waals surface area contributed by atoms with E-state index in [9.17, 15) is 14.4 Å². The Labute approximate surface area is 139 Å². The minimum Gasteiger partial charge on any atom is -0.325 e. The summed E-state index contributed by atoms with van der Waals surface area (Å²) < 4.78 is 0. The highest BCUT2D eigenvalue weighted by Crippen LogP contribution is 2.44. The van der Waals surface area contributed by atoms with Crippen molar-refractivity contribution in [3.05, 3.63) is 29.3 Å². The van der Waals surface area contributed by atoms with Crippen LogP contribution >= 0.6 is 11.8 Å². The van der Waals surface area contributed by atoms with Crippen molar-refractivity contribution in [2.75, 3.05) is 23.4 Å². The molecule has 5 nitrogen and oxygen atoms in total. The summed E-state index contributed by atoms with van der Waals surface area (Å²) in [6.45, 7) is 3.71. The van der Waals surface area contributed by atoms with Crippen LogP contribution in [-0.4, -0.2) is 40.7 Å². The fourth-order valence-corrected chi connectivity index (χ4v) is 4.77. The van der Waals surface area contributed by atoms with Crippen LogP contribution in [-0.2, 0) is 14.4 Å². The van der Waals surface area contributed by atoms with Crippen LogP contribution in [0, 0.1) is 19.3 Å². The summed E-state index contributed by atoms with van der Waals surface area (Å²) in [6.07, 6.45) is 0.979. The van der Waals surface area contributed by atoms with Crippen molar-refractivity contribution < 1.29 is 14.4 Å². The number of amides is 3. The van der Waals surface area contributed by atoms with Crippen LogP contribution in [0.1, 0.15) is 24.0 Å². The van der Waals surface area contributed by atoms with E-state index in [4.69, 9.17) is 0 Å². The molecular formula is C17H20N2O3S. The molecule has 0 aliphatic carbocycles. The third-order valence-electron chi connectivity index (χ3n) is 4.40. The second kappa shape index (κ2) is 6.00. The maximum absolute atomic E-state index is 12.5. The van der Waals surface area contributed by atoms with Crippen LogP contribution in [0.4, 0.5) is 5.69 Å². The maximum Gasteiger partial charge on any atom is 0.244 e. The van der Waals surface area contributed by atoms with Crippen molar-refractivity contribution in [2.45, 2.75) is 26.7 Å². The van der Waals surface area contributed by atoms with Crippen LogP contribution in [0.25, 0.3) is 0 Å². The van der Waals surface area contributed by atoms with Gasteiger partial charge in [0.05, 0.1) is 5.41 Å². The minimum absolute atomic E-state index is 0.178. The van der Waals surface area contributed by atoms with E-state index in [2.05, 4.69) is 5.32 Å². The lowest BCUT2D eigenvalue weighted by molar-refractivity contribution is -0.143. The molecule has 2 aliphatic heterocycles. The predicted molar refractivity (Wildman–Crippen MR) is 90.3 cm³/mol. The van der Waals surface area contributed by atoms with Gasteiger partial charge >= 0.3 is 0 Å². The van der Waals surface area contributed by atoms with Crippen LogP contribution in [0.5, 0.6) is 0 Å². The summed E-state index contributed by atoms with van der Waals surface area (Å²) in [7, 11) is 0. The molecule has 23 heavy (non-hydrogen) atoms. The molecule has 6 heteroatoms. The number of nitrogens with one attached hydrogen (secondary N) is 1. The number of aryl methyl sites for hydroxylation is 2. The molecule has 0 bridgehead atoms. The number of hydrogen-bond acceptors (Lipinski definition) is 4. The van der Waals surface area contributed by atoms with Gasteiger partial charge in [0.1, 0.15) is 6.54 Å². The number of thioether (sulfide) groups is 1. The zero-order valence-corrected chi connectivity index (χ0v) is 14.2. The summed E-state index contributed by atoms with van der Waals surface area (Å²) in [5.74, 6) is 0.851. The van der Waals surface area contributed by atoms with Crippen molar-refractivity contribution in [1.29, 1.82) is 0 Å². The molecule has 1 spiro atoms. The molecule has 1 aromatic rings. The summed E-state index contributed by atoms with van der Waals surface area (Å²) in [4.78, 5) is 38.1. The fraction of sp³-hybridized carbons (Fsp3) is 0.471. The average Bonchev–Trinajstić information content (AvgIpc) is 2.99. The third kappa shape index (κ3) is 3.13. The second-order valence-electron chi connectivity index (χ2n) is 6.47. The largest absolute Gasteiger partial charge is 0.325 e. The Morgan fingerprint density at radius 1 is 1.26 bits per heavy atom. The van der Waals surface area contributed by atoms with Gasteiger partial charge in [-0.15, -0.1) is 0 Å². The van der Waals surface area contributed by atoms with E-state index in [1.165, 1.54) is 0 Å². The lowest BCUT2D eigenvalue weighted by atomic mass is 9.86. The molecule has 1 unspecified atom stereocenters. The van der Waals surface area contributed by atoms with Gasteiger partial charge < -0.3 is 5.32 Å². The molecule has 2 saturated heterocycles. The first-order valence-corrected chi connectivity index (χ1v) is 8.86. The van der Waals surface area contributed by atoms with Crippen molar-refractivity contribution >= 4 is 35.2 Å². The fourth-order valence-electron chi connectivity index (χ4n) is 3.33. The molecule has 122 valence electrons. The van der Waals surface area contributed by atoms with E-state index in [0.717, 1.165) is 28.2 Å². The number of carbonyl (C=O) groups is 3. The van der Waals surface area contributed by atoms with Gasteiger partial charge in [-0.1, -0.05) is 6.07 Å². The Hall–Kier alpha value is -1.82. The molecule has 0 radical (unpaired) electrons. The maximum atomic E-state index is 12.5. The van der Waals surface area contributed by atoms with E-state index in [1.807, 2.05) is 32.0 Å². The first-order chi connectivity index (χ1) is 10.9. The van der Waals surface area contributed by atoms with Gasteiger partial charge in [-0.25, -0.2) is 0 Å². The predicted octanol–water partition coefficient (Wildman–Crippen LogP) is 2.12. The topological polar surface area (TPSA) is 66.5 Å². The van der Waals surface area contributed by atoms with Crippen LogP contribution < -0.4 is 5.32 Å². The molecule has 0 saturated carbocycles. The highest BCUT2D eigenvalue weighted by Gasteiger charge is 2.53. The zero-order chi connectivity index (χ0) is 16.6. The van der Waals surface area contributed by atoms with Crippen LogP contribution in [0.15, 0.2) is 18.2 Å². The van der Waals surface area contributed by atoms with E-state index in [-0.39, 0.29) is 30.7 Å². The van der Waals surface area contributed by atoms with Gasteiger partial charge in [0.2, 0.25) is 17.7 Å². The number of rotatable bonds is 3. The molecule has 1 atom stereocenters. The van der Waals surface area contributed by atoms with E-state index < -0.39 is 5.41 Å². The lowest BCUT2D eigenvalue weighted by Crippen LogP contribution is -2.40. The van der Waals surface area contributed by atoms with Gasteiger partial charge in [0.15, 0.2) is 0 Å². The Morgan fingerprint density at radius 2 is 1.96 bits per heavy atom. The molecule has 3 rings (SSSR count). The first kappa shape index (κ1) is 16.1. The number of carbonyl (C=O) groups excluding carboxylic acids is 3. The Bertz CT molecular complexity index is 660. The highest BCUT2D eigenvalue weighted by atomic mass is 32.2. The molecule has 0 aromatic heterocycles. The summed E-state index contributed by atoms with van der Waals surface area (Å²) >= 11 is 1.70. The number of benzene rings is 1. The van der Waals surface area contributed by atoms with Crippen LogP contribution in [0.2, 0.25) is 0 Å². The summed E-state index contributed by atoms with van der Waals surface area (Å²) in [5.41, 5.74) is 2.24. The van der Waals surface area contributed by atoms with Crippen molar-refractivity contribution in [3.8, 4) is 0 Å². The molecule has 1 N–H and O–H groups in total. The lowest BCUT2D eigenvalue weighted by Gasteiger charge is -2.20. The quantitative estimate of drug-likeness (QED) is 0.861. The SMILES string of the molecule is Cc1cc(C)cc(NC(=O)CN2C(=O)CC3(CCSC3)C2=O)c1. The Balaban J connectivity index is 1.68. The van der Waals surface area contributed by atoms with Gasteiger partial charge in [-0.3, -0.25) is 19.3 Å². The molecule has 3 amide bonds. The molecule has 2 fully saturated rings. The number of nitrogens with zero attached hydrogens (tertiary/aromatic N) is 1. The van der Waals surface area contributed by atoms with Gasteiger partial charge in [0, 0.05) is 17.9 Å². The second-order valence-corrected chi connectivity index (χ2v) is 7.57. The monoisotopic (exact) mass is 332 g/mol. The van der Waals surface area contributed by atoms with Gasteiger partial charge in [-0.2, -0.15) is 11.8 Å². The zero-order valence-electron chi connectivity index (χ0n) is 13.3. The molecular weight excluding hydrogens is 312 g/mol. The highest BCUT2D eigenvalue weighted by molar-refractivity contribution is 7.99. The first-order valence-electron chi connectivity index (χ1n) is 7.70. The Kier molecular flexibility index (Phi) is 4.19. The number of imide groups is 1. The smallest absolute Gasteiger partial charge is 0.244 e. The molecule has 1 aromatic carbocycles. The number of likely N-dealkylation sites (tertiary alicyclic amines) is 1. The van der Waals surface area contributed by atoms with E-state index in [0.29, 0.717) is 11.4 Å². The standard InChI is InChI=1S/C17H20N2O3S/c1-11-5-12(2)7-13(6-11)18-14(20)9-19-15(21)8-17(16(19)22)3-4-23-10-17/h5-7H,3-4,8-10H2,1-2H3,(H,18,20). The van der Waals surface area contributed by atoms with Crippen molar-refractivity contribution in [2.24, 2.45) is 5.41 Å². The molecule has 2 aliphatic rings. The Morgan fingerprint density at radius 3 is 2.57 bits per heavy atom. The van der Waals surface area contributed by atoms with Gasteiger partial charge in [0.25, 0.3) is 0 Å². The number of hydrogen-bond donors (Lipinski definition) is 1. The van der Waals surface area contributed by atoms with Crippen molar-refractivity contribution in [3.63, 3.8) is 0 Å². The van der Waals surface area contributed by atoms with Crippen molar-refractivity contribution in [1.82, 2.24) is 4.90 Å². The summed E-state index contributed by atoms with van der Waals surface area (Å²) in [5, 5.41) is 2.78. The number of anilines is 1.